The van der Waals surface area contributed by atoms with Crippen molar-refractivity contribution in [3.05, 3.63) is 28.8 Å². The normalized spacial score (nSPS) is 17.7. The topological polar surface area (TPSA) is 41.3 Å². The zero-order valence-corrected chi connectivity index (χ0v) is 13.1. The molecule has 0 radical (unpaired) electrons. The third-order valence-electron chi connectivity index (χ3n) is 4.39. The maximum Gasteiger partial charge on any atom is 0.416 e. The summed E-state index contributed by atoms with van der Waals surface area (Å²) in [5.74, 6) is 0. The van der Waals surface area contributed by atoms with Gasteiger partial charge in [-0.15, -0.1) is 0 Å². The van der Waals surface area contributed by atoms with Crippen LogP contribution in [-0.2, 0) is 6.18 Å². The van der Waals surface area contributed by atoms with Crippen LogP contribution in [0.4, 0.5) is 18.9 Å². The second-order valence-corrected chi connectivity index (χ2v) is 6.01. The van der Waals surface area contributed by atoms with E-state index >= 15 is 0 Å². The Kier molecular flexibility index (Phi) is 5.34. The van der Waals surface area contributed by atoms with Gasteiger partial charge in [0.1, 0.15) is 0 Å². The Bertz CT molecular complexity index is 506. The van der Waals surface area contributed by atoms with Crippen molar-refractivity contribution in [3.63, 3.8) is 0 Å². The minimum Gasteiger partial charge on any atom is -0.382 e. The average Bonchev–Trinajstić information content (AvgIpc) is 2.45. The van der Waals surface area contributed by atoms with Crippen LogP contribution in [0.2, 0.25) is 0 Å². The van der Waals surface area contributed by atoms with E-state index in [1.807, 2.05) is 6.92 Å². The van der Waals surface area contributed by atoms with Crippen LogP contribution in [0.15, 0.2) is 12.1 Å². The molecule has 6 heteroatoms. The molecule has 0 unspecified atom stereocenters. The number of hydrogen-bond donors (Lipinski definition) is 2. The van der Waals surface area contributed by atoms with Gasteiger partial charge in [0.25, 0.3) is 0 Å². The number of likely N-dealkylation sites (tertiary alicyclic amines) is 1. The van der Waals surface area contributed by atoms with Gasteiger partial charge in [-0.25, -0.2) is 0 Å². The molecule has 124 valence electrons. The van der Waals surface area contributed by atoms with Gasteiger partial charge in [-0.2, -0.15) is 13.2 Å². The summed E-state index contributed by atoms with van der Waals surface area (Å²) in [5, 5.41) is 3.31. The summed E-state index contributed by atoms with van der Waals surface area (Å²) in [6.45, 7) is 6.98. The minimum absolute atomic E-state index is 0.218. The summed E-state index contributed by atoms with van der Waals surface area (Å²) in [7, 11) is 0. The third kappa shape index (κ3) is 4.14. The number of benzene rings is 1. The number of halogens is 3. The molecule has 1 aromatic rings. The number of anilines is 1. The fraction of sp³-hybridized carbons (Fsp3) is 0.625. The van der Waals surface area contributed by atoms with Crippen LogP contribution >= 0.6 is 0 Å². The number of aryl methyl sites for hydroxylation is 1. The van der Waals surface area contributed by atoms with E-state index in [4.69, 9.17) is 5.73 Å². The van der Waals surface area contributed by atoms with Crippen LogP contribution in [0.5, 0.6) is 0 Å². The highest BCUT2D eigenvalue weighted by Gasteiger charge is 2.31. The first-order valence-electron chi connectivity index (χ1n) is 7.68. The van der Waals surface area contributed by atoms with Crippen molar-refractivity contribution in [3.8, 4) is 0 Å². The lowest BCUT2D eigenvalue weighted by Gasteiger charge is -2.33. The summed E-state index contributed by atoms with van der Waals surface area (Å²) in [6, 6.07) is 2.66. The first-order chi connectivity index (χ1) is 10.3. The van der Waals surface area contributed by atoms with E-state index in [0.717, 1.165) is 38.0 Å². The molecule has 3 N–H and O–H groups in total. The molecule has 0 aromatic heterocycles. The molecule has 0 saturated carbocycles. The predicted octanol–water partition coefficient (Wildman–Crippen LogP) is 3.16. The molecule has 2 rings (SSSR count). The molecule has 1 heterocycles. The van der Waals surface area contributed by atoms with Crippen molar-refractivity contribution in [1.29, 1.82) is 0 Å². The number of piperidine rings is 1. The number of rotatable bonds is 4. The second-order valence-electron chi connectivity index (χ2n) is 6.01. The van der Waals surface area contributed by atoms with Gasteiger partial charge >= 0.3 is 6.18 Å². The molecule has 3 nitrogen and oxygen atoms in total. The highest BCUT2D eigenvalue weighted by Crippen LogP contribution is 2.34. The second kappa shape index (κ2) is 6.87. The van der Waals surface area contributed by atoms with Gasteiger partial charge in [0, 0.05) is 37.9 Å². The van der Waals surface area contributed by atoms with Crippen molar-refractivity contribution < 1.29 is 13.2 Å². The summed E-state index contributed by atoms with van der Waals surface area (Å²) >= 11 is 0. The largest absolute Gasteiger partial charge is 0.416 e. The van der Waals surface area contributed by atoms with Crippen molar-refractivity contribution >= 4 is 5.69 Å². The lowest BCUT2D eigenvalue weighted by molar-refractivity contribution is -0.137. The van der Waals surface area contributed by atoms with Crippen LogP contribution < -0.4 is 11.1 Å². The van der Waals surface area contributed by atoms with E-state index in [0.29, 0.717) is 17.8 Å². The fourth-order valence-electron chi connectivity index (χ4n) is 2.88. The number of hydrogen-bond acceptors (Lipinski definition) is 3. The van der Waals surface area contributed by atoms with Gasteiger partial charge < -0.3 is 16.0 Å². The van der Waals surface area contributed by atoms with Gasteiger partial charge in [0.05, 0.1) is 5.56 Å². The Morgan fingerprint density at radius 2 is 1.86 bits per heavy atom. The van der Waals surface area contributed by atoms with Gasteiger partial charge in [-0.3, -0.25) is 0 Å². The molecule has 1 aliphatic rings. The minimum atomic E-state index is -4.31. The van der Waals surface area contributed by atoms with Gasteiger partial charge in [0.2, 0.25) is 0 Å². The Morgan fingerprint density at radius 1 is 1.23 bits per heavy atom. The maximum absolute atomic E-state index is 12.9. The first-order valence-corrected chi connectivity index (χ1v) is 7.68. The van der Waals surface area contributed by atoms with Gasteiger partial charge in [-0.05, 0) is 49.9 Å². The lowest BCUT2D eigenvalue weighted by atomic mass is 10.00. The van der Waals surface area contributed by atoms with Gasteiger partial charge in [0.15, 0.2) is 0 Å². The lowest BCUT2D eigenvalue weighted by Crippen LogP contribution is -2.41. The van der Waals surface area contributed by atoms with Crippen LogP contribution in [0.3, 0.4) is 0 Å². The van der Waals surface area contributed by atoms with E-state index in [9.17, 15) is 13.2 Å². The molecule has 0 amide bonds. The number of nitrogens with two attached hydrogens (primary N) is 1. The number of nitrogens with one attached hydrogen (secondary N) is 1. The zero-order valence-electron chi connectivity index (χ0n) is 13.1. The van der Waals surface area contributed by atoms with E-state index in [1.54, 1.807) is 6.92 Å². The summed E-state index contributed by atoms with van der Waals surface area (Å²) in [5.41, 5.74) is 7.12. The van der Waals surface area contributed by atoms with E-state index in [1.165, 1.54) is 12.1 Å². The molecule has 1 saturated heterocycles. The monoisotopic (exact) mass is 315 g/mol. The molecule has 0 atom stereocenters. The number of nitrogens with zero attached hydrogens (tertiary/aromatic N) is 1. The Hall–Kier alpha value is -1.27. The van der Waals surface area contributed by atoms with E-state index < -0.39 is 11.7 Å². The Morgan fingerprint density at radius 3 is 2.41 bits per heavy atom. The van der Waals surface area contributed by atoms with Crippen molar-refractivity contribution in [1.82, 2.24) is 4.90 Å². The molecule has 0 aliphatic carbocycles. The SMILES string of the molecule is Cc1cc(C(F)(F)F)cc(NC2CCN(CCN)CC2)c1C. The van der Waals surface area contributed by atoms with Crippen LogP contribution in [-0.4, -0.2) is 37.1 Å². The molecule has 1 aliphatic heterocycles. The van der Waals surface area contributed by atoms with E-state index in [2.05, 4.69) is 10.2 Å². The average molecular weight is 315 g/mol. The molecular weight excluding hydrogens is 291 g/mol. The quantitative estimate of drug-likeness (QED) is 0.897. The van der Waals surface area contributed by atoms with Crippen LogP contribution in [0.25, 0.3) is 0 Å². The summed E-state index contributed by atoms with van der Waals surface area (Å²) < 4.78 is 38.8. The highest BCUT2D eigenvalue weighted by molar-refractivity contribution is 5.57. The zero-order chi connectivity index (χ0) is 16.3. The van der Waals surface area contributed by atoms with Crippen LogP contribution in [0.1, 0.15) is 29.5 Å². The Balaban J connectivity index is 2.08. The number of alkyl halides is 3. The van der Waals surface area contributed by atoms with Crippen molar-refractivity contribution in [2.24, 2.45) is 5.73 Å². The summed E-state index contributed by atoms with van der Waals surface area (Å²) in [6.07, 6.45) is -2.46. The fourth-order valence-corrected chi connectivity index (χ4v) is 2.88. The smallest absolute Gasteiger partial charge is 0.382 e. The first kappa shape index (κ1) is 17.1. The molecule has 0 spiro atoms. The standard InChI is InChI=1S/C16H24F3N3/c1-11-9-13(16(17,18)19)10-15(12(11)2)21-14-3-6-22(7-4-14)8-5-20/h9-10,14,21H,3-8,20H2,1-2H3. The highest BCUT2D eigenvalue weighted by atomic mass is 19.4. The molecule has 1 fully saturated rings. The molecular formula is C16H24F3N3. The molecule has 0 bridgehead atoms. The van der Waals surface area contributed by atoms with Crippen LogP contribution in [0, 0.1) is 13.8 Å². The van der Waals surface area contributed by atoms with Gasteiger partial charge in [-0.1, -0.05) is 0 Å². The maximum atomic E-state index is 12.9. The van der Waals surface area contributed by atoms with Crippen molar-refractivity contribution in [2.75, 3.05) is 31.5 Å². The Labute approximate surface area is 129 Å². The molecule has 22 heavy (non-hydrogen) atoms. The van der Waals surface area contributed by atoms with Crippen molar-refractivity contribution in [2.45, 2.75) is 38.9 Å². The summed E-state index contributed by atoms with van der Waals surface area (Å²) in [4.78, 5) is 2.29. The third-order valence-corrected chi connectivity index (χ3v) is 4.39. The molecule has 1 aromatic carbocycles. The predicted molar refractivity (Wildman–Crippen MR) is 83.1 cm³/mol. The van der Waals surface area contributed by atoms with E-state index in [-0.39, 0.29) is 6.04 Å².